The highest BCUT2D eigenvalue weighted by molar-refractivity contribution is 5.90. The van der Waals surface area contributed by atoms with Crippen LogP contribution in [-0.2, 0) is 11.3 Å². The van der Waals surface area contributed by atoms with Crippen molar-refractivity contribution in [3.8, 4) is 11.5 Å². The average Bonchev–Trinajstić information content (AvgIpc) is 2.49. The van der Waals surface area contributed by atoms with Gasteiger partial charge in [-0.1, -0.05) is 0 Å². The van der Waals surface area contributed by atoms with Gasteiger partial charge in [0.15, 0.2) is 23.9 Å². The van der Waals surface area contributed by atoms with Gasteiger partial charge < -0.3 is 14.8 Å². The minimum atomic E-state index is -0.101. The van der Waals surface area contributed by atoms with Crippen LogP contribution in [0, 0.1) is 6.92 Å². The third-order valence-electron chi connectivity index (χ3n) is 3.05. The predicted molar refractivity (Wildman–Crippen MR) is 79.5 cm³/mol. The van der Waals surface area contributed by atoms with Gasteiger partial charge in [0.25, 0.3) is 5.91 Å². The summed E-state index contributed by atoms with van der Waals surface area (Å²) in [5, 5.41) is 2.84. The topological polar surface area (TPSA) is 51.4 Å². The number of hydrogen-bond acceptors (Lipinski definition) is 3. The van der Waals surface area contributed by atoms with Crippen molar-refractivity contribution in [2.24, 2.45) is 0 Å². The second kappa shape index (κ2) is 6.74. The molecular formula is C16H19N2O3+. The second-order valence-corrected chi connectivity index (χ2v) is 4.67. The van der Waals surface area contributed by atoms with Gasteiger partial charge in [0, 0.05) is 23.9 Å². The first-order valence-electron chi connectivity index (χ1n) is 6.60. The zero-order valence-corrected chi connectivity index (χ0v) is 12.4. The number of aromatic nitrogens is 1. The Hall–Kier alpha value is -2.56. The number of methoxy groups -OCH3 is 2. The minimum absolute atomic E-state index is 0.101. The van der Waals surface area contributed by atoms with Gasteiger partial charge in [0.2, 0.25) is 6.54 Å². The number of aryl methyl sites for hydroxylation is 1. The monoisotopic (exact) mass is 287 g/mol. The molecule has 1 aromatic heterocycles. The van der Waals surface area contributed by atoms with Crippen molar-refractivity contribution in [1.29, 1.82) is 0 Å². The summed E-state index contributed by atoms with van der Waals surface area (Å²) in [7, 11) is 3.13. The normalized spacial score (nSPS) is 10.0. The number of pyridine rings is 1. The highest BCUT2D eigenvalue weighted by Gasteiger charge is 2.11. The van der Waals surface area contributed by atoms with E-state index in [0.717, 1.165) is 5.56 Å². The Morgan fingerprint density at radius 3 is 2.38 bits per heavy atom. The van der Waals surface area contributed by atoms with Crippen LogP contribution in [-0.4, -0.2) is 20.1 Å². The molecule has 0 unspecified atom stereocenters. The lowest BCUT2D eigenvalue weighted by Gasteiger charge is -2.09. The van der Waals surface area contributed by atoms with Crippen LogP contribution in [0.1, 0.15) is 5.56 Å². The Morgan fingerprint density at radius 1 is 1.10 bits per heavy atom. The van der Waals surface area contributed by atoms with E-state index in [1.807, 2.05) is 36.0 Å². The molecule has 5 nitrogen and oxygen atoms in total. The molecule has 21 heavy (non-hydrogen) atoms. The largest absolute Gasteiger partial charge is 0.493 e. The van der Waals surface area contributed by atoms with Crippen molar-refractivity contribution >= 4 is 11.6 Å². The first-order valence-corrected chi connectivity index (χ1v) is 6.60. The SMILES string of the molecule is COc1ccc(NC(=O)C[n+]2ccc(C)cc2)cc1OC. The lowest BCUT2D eigenvalue weighted by Crippen LogP contribution is -2.39. The summed E-state index contributed by atoms with van der Waals surface area (Å²) in [6.07, 6.45) is 3.76. The maximum Gasteiger partial charge on any atom is 0.290 e. The molecule has 0 saturated heterocycles. The first-order chi connectivity index (χ1) is 10.1. The van der Waals surface area contributed by atoms with Crippen LogP contribution in [0.25, 0.3) is 0 Å². The number of nitrogens with one attached hydrogen (secondary N) is 1. The van der Waals surface area contributed by atoms with E-state index in [4.69, 9.17) is 9.47 Å². The van der Waals surface area contributed by atoms with Crippen LogP contribution in [0.15, 0.2) is 42.7 Å². The number of nitrogens with zero attached hydrogens (tertiary/aromatic N) is 1. The average molecular weight is 287 g/mol. The van der Waals surface area contributed by atoms with Crippen LogP contribution >= 0.6 is 0 Å². The zero-order chi connectivity index (χ0) is 15.2. The molecule has 5 heteroatoms. The van der Waals surface area contributed by atoms with Crippen LogP contribution < -0.4 is 19.4 Å². The molecule has 0 bridgehead atoms. The summed E-state index contributed by atoms with van der Waals surface area (Å²) in [6, 6.07) is 9.19. The smallest absolute Gasteiger partial charge is 0.290 e. The van der Waals surface area contributed by atoms with E-state index in [1.165, 1.54) is 0 Å². The van der Waals surface area contributed by atoms with E-state index in [-0.39, 0.29) is 12.5 Å². The van der Waals surface area contributed by atoms with Gasteiger partial charge in [-0.2, -0.15) is 4.57 Å². The Balaban J connectivity index is 2.04. The van der Waals surface area contributed by atoms with Crippen molar-refractivity contribution in [1.82, 2.24) is 0 Å². The molecule has 0 aliphatic carbocycles. The van der Waals surface area contributed by atoms with Crippen LogP contribution in [0.5, 0.6) is 11.5 Å². The molecule has 1 heterocycles. The molecular weight excluding hydrogens is 268 g/mol. The molecule has 1 amide bonds. The lowest BCUT2D eigenvalue weighted by molar-refractivity contribution is -0.684. The van der Waals surface area contributed by atoms with Crippen molar-refractivity contribution < 1.29 is 18.8 Å². The van der Waals surface area contributed by atoms with Crippen molar-refractivity contribution in [3.63, 3.8) is 0 Å². The number of rotatable bonds is 5. The molecule has 0 atom stereocenters. The maximum atomic E-state index is 12.0. The molecule has 0 aliphatic rings. The number of ether oxygens (including phenoxy) is 2. The van der Waals surface area contributed by atoms with E-state index in [1.54, 1.807) is 32.4 Å². The highest BCUT2D eigenvalue weighted by atomic mass is 16.5. The maximum absolute atomic E-state index is 12.0. The van der Waals surface area contributed by atoms with Crippen LogP contribution in [0.4, 0.5) is 5.69 Å². The van der Waals surface area contributed by atoms with Crippen LogP contribution in [0.3, 0.4) is 0 Å². The van der Waals surface area contributed by atoms with E-state index in [0.29, 0.717) is 17.2 Å². The first kappa shape index (κ1) is 14.8. The molecule has 0 saturated carbocycles. The third-order valence-corrected chi connectivity index (χ3v) is 3.05. The summed E-state index contributed by atoms with van der Waals surface area (Å²) in [5.74, 6) is 1.11. The summed E-state index contributed by atoms with van der Waals surface area (Å²) >= 11 is 0. The zero-order valence-electron chi connectivity index (χ0n) is 12.4. The summed E-state index contributed by atoms with van der Waals surface area (Å²) in [4.78, 5) is 12.0. The summed E-state index contributed by atoms with van der Waals surface area (Å²) in [6.45, 7) is 2.27. The van der Waals surface area contributed by atoms with E-state index in [9.17, 15) is 4.79 Å². The summed E-state index contributed by atoms with van der Waals surface area (Å²) in [5.41, 5.74) is 1.83. The number of carbonyl (C=O) groups is 1. The van der Waals surface area contributed by atoms with Gasteiger partial charge >= 0.3 is 0 Å². The molecule has 2 rings (SSSR count). The highest BCUT2D eigenvalue weighted by Crippen LogP contribution is 2.29. The molecule has 110 valence electrons. The minimum Gasteiger partial charge on any atom is -0.493 e. The van der Waals surface area contributed by atoms with Crippen molar-refractivity contribution in [2.45, 2.75) is 13.5 Å². The number of benzene rings is 1. The Kier molecular flexibility index (Phi) is 4.77. The van der Waals surface area contributed by atoms with Gasteiger partial charge in [0.05, 0.1) is 14.2 Å². The molecule has 0 aliphatic heterocycles. The lowest BCUT2D eigenvalue weighted by atomic mass is 10.2. The number of anilines is 1. The molecule has 1 aromatic carbocycles. The Morgan fingerprint density at radius 2 is 1.76 bits per heavy atom. The van der Waals surface area contributed by atoms with Gasteiger partial charge in [-0.3, -0.25) is 4.79 Å². The fourth-order valence-electron chi connectivity index (χ4n) is 1.92. The fraction of sp³-hybridized carbons (Fsp3) is 0.250. The van der Waals surface area contributed by atoms with E-state index < -0.39 is 0 Å². The molecule has 0 radical (unpaired) electrons. The second-order valence-electron chi connectivity index (χ2n) is 4.67. The molecule has 0 spiro atoms. The molecule has 2 aromatic rings. The number of carbonyl (C=O) groups excluding carboxylic acids is 1. The number of hydrogen-bond donors (Lipinski definition) is 1. The van der Waals surface area contributed by atoms with Crippen LogP contribution in [0.2, 0.25) is 0 Å². The van der Waals surface area contributed by atoms with Crippen molar-refractivity contribution in [2.75, 3.05) is 19.5 Å². The van der Waals surface area contributed by atoms with E-state index in [2.05, 4.69) is 5.32 Å². The fourth-order valence-corrected chi connectivity index (χ4v) is 1.92. The Bertz CT molecular complexity index is 624. The molecule has 0 fully saturated rings. The quantitative estimate of drug-likeness (QED) is 0.855. The molecule has 1 N–H and O–H groups in total. The van der Waals surface area contributed by atoms with Crippen molar-refractivity contribution in [3.05, 3.63) is 48.3 Å². The third kappa shape index (κ3) is 3.95. The number of amides is 1. The van der Waals surface area contributed by atoms with E-state index >= 15 is 0 Å². The van der Waals surface area contributed by atoms with Gasteiger partial charge in [0.1, 0.15) is 0 Å². The predicted octanol–water partition coefficient (Wildman–Crippen LogP) is 1.94. The Labute approximate surface area is 124 Å². The van der Waals surface area contributed by atoms with Gasteiger partial charge in [-0.05, 0) is 24.6 Å². The standard InChI is InChI=1S/C16H18N2O3/c1-12-6-8-18(9-7-12)11-16(19)17-13-4-5-14(20-2)15(10-13)21-3/h4-10H,11H2,1-3H3/p+1. The summed E-state index contributed by atoms with van der Waals surface area (Å²) < 4.78 is 12.2. The van der Waals surface area contributed by atoms with Gasteiger partial charge in [-0.15, -0.1) is 0 Å². The van der Waals surface area contributed by atoms with Gasteiger partial charge in [-0.25, -0.2) is 0 Å².